The van der Waals surface area contributed by atoms with Crippen molar-refractivity contribution >= 4 is 23.8 Å². The minimum absolute atomic E-state index is 0.0176. The van der Waals surface area contributed by atoms with Crippen LogP contribution in [0.25, 0.3) is 0 Å². The molecule has 0 fully saturated rings. The van der Waals surface area contributed by atoms with Crippen LogP contribution < -0.4 is 11.1 Å². The van der Waals surface area contributed by atoms with Crippen molar-refractivity contribution in [3.05, 3.63) is 0 Å². The molecular formula is C8H14N6O3S. The lowest BCUT2D eigenvalue weighted by molar-refractivity contribution is -0.117. The summed E-state index contributed by atoms with van der Waals surface area (Å²) in [7, 11) is 0. The molecule has 0 unspecified atom stereocenters. The number of carbonyl (C=O) groups is 2. The van der Waals surface area contributed by atoms with E-state index in [0.717, 1.165) is 11.8 Å². The number of carbonyl (C=O) groups excluding carboxylic acids is 2. The van der Waals surface area contributed by atoms with E-state index < -0.39 is 12.0 Å². The van der Waals surface area contributed by atoms with Gasteiger partial charge in [-0.05, 0) is 17.4 Å². The summed E-state index contributed by atoms with van der Waals surface area (Å²) in [5, 5.41) is 13.5. The summed E-state index contributed by atoms with van der Waals surface area (Å²) in [4.78, 5) is 22.3. The fourth-order valence-corrected chi connectivity index (χ4v) is 1.71. The Hall–Kier alpha value is -1.68. The molecule has 0 spiro atoms. The van der Waals surface area contributed by atoms with Crippen LogP contribution in [0.2, 0.25) is 0 Å². The Kier molecular flexibility index (Phi) is 6.08. The molecule has 3 N–H and O–H groups in total. The van der Waals surface area contributed by atoms with Gasteiger partial charge in [-0.15, -0.1) is 5.10 Å². The lowest BCUT2D eigenvalue weighted by Gasteiger charge is -2.04. The third-order valence-corrected chi connectivity index (χ3v) is 2.65. The van der Waals surface area contributed by atoms with E-state index in [1.165, 1.54) is 4.68 Å². The zero-order chi connectivity index (χ0) is 13.4. The Bertz CT molecular complexity index is 409. The predicted octanol–water partition coefficient (Wildman–Crippen LogP) is -1.00. The number of rotatable bonds is 6. The van der Waals surface area contributed by atoms with Crippen LogP contribution in [-0.2, 0) is 16.1 Å². The molecule has 100 valence electrons. The molecule has 18 heavy (non-hydrogen) atoms. The molecule has 0 aliphatic rings. The number of hydrogen-bond donors (Lipinski definition) is 2. The van der Waals surface area contributed by atoms with Gasteiger partial charge in [-0.25, -0.2) is 9.48 Å². The number of hydrogen-bond acceptors (Lipinski definition) is 8. The van der Waals surface area contributed by atoms with Crippen molar-refractivity contribution in [2.45, 2.75) is 18.6 Å². The molecule has 1 aromatic heterocycles. The summed E-state index contributed by atoms with van der Waals surface area (Å²) in [5.41, 5.74) is 5.38. The average molecular weight is 274 g/mol. The molecule has 0 aliphatic heterocycles. The largest absolute Gasteiger partial charge is 0.450 e. The van der Waals surface area contributed by atoms with Gasteiger partial charge >= 0.3 is 6.09 Å². The number of tetrazole rings is 1. The fourth-order valence-electron chi connectivity index (χ4n) is 1.01. The second-order valence-corrected chi connectivity index (χ2v) is 3.97. The normalized spacial score (nSPS) is 10.1. The number of thioether (sulfide) groups is 1. The Labute approximate surface area is 107 Å². The van der Waals surface area contributed by atoms with Crippen LogP contribution in [0.15, 0.2) is 5.16 Å². The predicted molar refractivity (Wildman–Crippen MR) is 62.8 cm³/mol. The highest BCUT2D eigenvalue weighted by molar-refractivity contribution is 7.99. The first-order valence-electron chi connectivity index (χ1n) is 5.23. The molecule has 1 rings (SSSR count). The summed E-state index contributed by atoms with van der Waals surface area (Å²) < 4.78 is 6.06. The smallest absolute Gasteiger partial charge is 0.413 e. The van der Waals surface area contributed by atoms with Gasteiger partial charge in [-0.3, -0.25) is 10.1 Å². The van der Waals surface area contributed by atoms with Crippen LogP contribution in [0.1, 0.15) is 6.92 Å². The highest BCUT2D eigenvalue weighted by atomic mass is 32.2. The van der Waals surface area contributed by atoms with Gasteiger partial charge in [0.15, 0.2) is 0 Å². The zero-order valence-electron chi connectivity index (χ0n) is 9.83. The number of nitrogens with one attached hydrogen (secondary N) is 1. The van der Waals surface area contributed by atoms with Gasteiger partial charge < -0.3 is 10.5 Å². The van der Waals surface area contributed by atoms with Gasteiger partial charge in [0.25, 0.3) is 0 Å². The first-order chi connectivity index (χ1) is 8.67. The van der Waals surface area contributed by atoms with Gasteiger partial charge in [0.2, 0.25) is 11.1 Å². The average Bonchev–Trinajstić information content (AvgIpc) is 2.75. The summed E-state index contributed by atoms with van der Waals surface area (Å²) in [5.74, 6) is -0.454. The molecule has 0 aromatic carbocycles. The van der Waals surface area contributed by atoms with E-state index >= 15 is 0 Å². The van der Waals surface area contributed by atoms with Crippen molar-refractivity contribution in [3.8, 4) is 0 Å². The lowest BCUT2D eigenvalue weighted by Crippen LogP contribution is -2.32. The maximum absolute atomic E-state index is 11.4. The van der Waals surface area contributed by atoms with Gasteiger partial charge in [-0.2, -0.15) is 0 Å². The maximum Gasteiger partial charge on any atom is 0.413 e. The van der Waals surface area contributed by atoms with E-state index in [1.54, 1.807) is 6.92 Å². The fraction of sp³-hybridized carbons (Fsp3) is 0.625. The number of amides is 2. The van der Waals surface area contributed by atoms with Gasteiger partial charge in [0, 0.05) is 6.54 Å². The third kappa shape index (κ3) is 4.67. The highest BCUT2D eigenvalue weighted by Gasteiger charge is 2.12. The van der Waals surface area contributed by atoms with Crippen LogP contribution in [0, 0.1) is 0 Å². The monoisotopic (exact) mass is 274 g/mol. The van der Waals surface area contributed by atoms with E-state index in [-0.39, 0.29) is 12.4 Å². The van der Waals surface area contributed by atoms with Crippen molar-refractivity contribution in [3.63, 3.8) is 0 Å². The molecular weight excluding hydrogens is 260 g/mol. The van der Waals surface area contributed by atoms with Gasteiger partial charge in [-0.1, -0.05) is 11.8 Å². The lowest BCUT2D eigenvalue weighted by atomic mass is 10.7. The number of ether oxygens (including phenoxy) is 1. The molecule has 0 aliphatic carbocycles. The maximum atomic E-state index is 11.4. The zero-order valence-corrected chi connectivity index (χ0v) is 10.6. The highest BCUT2D eigenvalue weighted by Crippen LogP contribution is 2.12. The summed E-state index contributed by atoms with van der Waals surface area (Å²) >= 11 is 1.11. The van der Waals surface area contributed by atoms with E-state index in [9.17, 15) is 9.59 Å². The number of alkyl carbamates (subject to hydrolysis) is 1. The van der Waals surface area contributed by atoms with Crippen LogP contribution >= 0.6 is 11.8 Å². The standard InChI is InChI=1S/C8H14N6O3S/c1-2-17-8(16)10-6(15)5-18-7-11-12-13-14(7)4-3-9/h2-5,9H2,1H3,(H,10,15,16). The second-order valence-electron chi connectivity index (χ2n) is 3.03. The number of nitrogens with zero attached hydrogens (tertiary/aromatic N) is 4. The van der Waals surface area contributed by atoms with Crippen molar-refractivity contribution in [1.29, 1.82) is 0 Å². The van der Waals surface area contributed by atoms with E-state index in [1.807, 2.05) is 0 Å². The van der Waals surface area contributed by atoms with Crippen molar-refractivity contribution < 1.29 is 14.3 Å². The molecule has 2 amide bonds. The van der Waals surface area contributed by atoms with Crippen LogP contribution in [-0.4, -0.2) is 51.1 Å². The molecule has 1 aromatic rings. The van der Waals surface area contributed by atoms with Crippen LogP contribution in [0.3, 0.4) is 0 Å². The molecule has 10 heteroatoms. The first kappa shape index (κ1) is 14.4. The molecule has 0 saturated heterocycles. The molecule has 0 bridgehead atoms. The van der Waals surface area contributed by atoms with Crippen molar-refractivity contribution in [2.75, 3.05) is 18.9 Å². The SMILES string of the molecule is CCOC(=O)NC(=O)CSc1nnnn1CCN. The summed E-state index contributed by atoms with van der Waals surface area (Å²) in [6.45, 7) is 2.73. The Morgan fingerprint density at radius 2 is 2.33 bits per heavy atom. The number of nitrogens with two attached hydrogens (primary N) is 1. The minimum Gasteiger partial charge on any atom is -0.450 e. The summed E-state index contributed by atoms with van der Waals surface area (Å²) in [6, 6.07) is 0. The third-order valence-electron chi connectivity index (χ3n) is 1.69. The Morgan fingerprint density at radius 1 is 1.56 bits per heavy atom. The van der Waals surface area contributed by atoms with E-state index in [0.29, 0.717) is 18.2 Å². The second kappa shape index (κ2) is 7.61. The topological polar surface area (TPSA) is 125 Å². The van der Waals surface area contributed by atoms with E-state index in [4.69, 9.17) is 5.73 Å². The van der Waals surface area contributed by atoms with E-state index in [2.05, 4.69) is 25.6 Å². The van der Waals surface area contributed by atoms with Crippen molar-refractivity contribution in [2.24, 2.45) is 5.73 Å². The van der Waals surface area contributed by atoms with Crippen LogP contribution in [0.4, 0.5) is 4.79 Å². The van der Waals surface area contributed by atoms with Crippen molar-refractivity contribution in [1.82, 2.24) is 25.5 Å². The Morgan fingerprint density at radius 3 is 3.00 bits per heavy atom. The number of imide groups is 1. The Balaban J connectivity index is 2.37. The molecule has 0 radical (unpaired) electrons. The molecule has 0 atom stereocenters. The molecule has 9 nitrogen and oxygen atoms in total. The van der Waals surface area contributed by atoms with Gasteiger partial charge in [0.1, 0.15) is 0 Å². The summed E-state index contributed by atoms with van der Waals surface area (Å²) in [6.07, 6.45) is -0.760. The van der Waals surface area contributed by atoms with Crippen LogP contribution in [0.5, 0.6) is 0 Å². The minimum atomic E-state index is -0.760. The molecule has 1 heterocycles. The number of aromatic nitrogens is 4. The molecule has 0 saturated carbocycles. The quantitative estimate of drug-likeness (QED) is 0.632. The first-order valence-corrected chi connectivity index (χ1v) is 6.21. The van der Waals surface area contributed by atoms with Gasteiger partial charge in [0.05, 0.1) is 18.9 Å².